The molecule has 1 aromatic heterocycles. The molecule has 1 nitrogen and oxygen atoms in total. The van der Waals surface area contributed by atoms with E-state index in [-0.39, 0.29) is 0 Å². The van der Waals surface area contributed by atoms with Crippen molar-refractivity contribution in [3.63, 3.8) is 0 Å². The molecule has 2 aliphatic carbocycles. The Bertz CT molecular complexity index is 1020. The molecule has 0 atom stereocenters. The van der Waals surface area contributed by atoms with Crippen LogP contribution in [0.2, 0.25) is 0 Å². The van der Waals surface area contributed by atoms with Crippen molar-refractivity contribution in [2.45, 2.75) is 45.4 Å². The van der Waals surface area contributed by atoms with Crippen LogP contribution in [0.1, 0.15) is 45.5 Å². The van der Waals surface area contributed by atoms with Gasteiger partial charge in [0.05, 0.1) is 0 Å². The second-order valence-corrected chi connectivity index (χ2v) is 7.90. The molecule has 2 aliphatic rings. The normalized spacial score (nSPS) is 14.4. The molecule has 1 heterocycles. The van der Waals surface area contributed by atoms with Crippen molar-refractivity contribution in [1.29, 1.82) is 0 Å². The molecular weight excluding hydrogens is 326 g/mol. The second kappa shape index (κ2) is 6.81. The molecule has 0 saturated carbocycles. The molecule has 0 spiro atoms. The first-order valence-corrected chi connectivity index (χ1v) is 10.1. The third-order valence-electron chi connectivity index (χ3n) is 6.11. The standard InChI is InChI=1S/C26H25N/c1-18-6-7-20(17-27-18)9-8-19-10-11-22-13-14-24-23-5-3-2-4-21(23)12-15-25(24)26(22)16-19/h2,4,6-7,10-12,15-17H,3,5,8-9,13-14H2,1H3. The summed E-state index contributed by atoms with van der Waals surface area (Å²) < 4.78 is 0. The lowest BCUT2D eigenvalue weighted by Crippen LogP contribution is -2.10. The zero-order chi connectivity index (χ0) is 18.2. The summed E-state index contributed by atoms with van der Waals surface area (Å²) in [5.41, 5.74) is 12.9. The Labute approximate surface area is 161 Å². The highest BCUT2D eigenvalue weighted by molar-refractivity contribution is 5.77. The van der Waals surface area contributed by atoms with Gasteiger partial charge in [-0.1, -0.05) is 48.6 Å². The summed E-state index contributed by atoms with van der Waals surface area (Å²) in [4.78, 5) is 4.43. The zero-order valence-corrected chi connectivity index (χ0v) is 16.0. The minimum Gasteiger partial charge on any atom is -0.261 e. The van der Waals surface area contributed by atoms with Crippen LogP contribution in [0, 0.1) is 6.92 Å². The summed E-state index contributed by atoms with van der Waals surface area (Å²) in [7, 11) is 0. The fourth-order valence-corrected chi connectivity index (χ4v) is 4.58. The third-order valence-corrected chi connectivity index (χ3v) is 6.11. The fraction of sp³-hybridized carbons (Fsp3) is 0.269. The molecule has 0 N–H and O–H groups in total. The van der Waals surface area contributed by atoms with E-state index in [4.69, 9.17) is 0 Å². The minimum absolute atomic E-state index is 1.05. The minimum atomic E-state index is 1.05. The molecule has 0 unspecified atom stereocenters. The molecule has 0 radical (unpaired) electrons. The molecule has 0 fully saturated rings. The van der Waals surface area contributed by atoms with Crippen molar-refractivity contribution in [2.75, 3.05) is 0 Å². The van der Waals surface area contributed by atoms with Crippen LogP contribution < -0.4 is 0 Å². The van der Waals surface area contributed by atoms with Gasteiger partial charge >= 0.3 is 0 Å². The Morgan fingerprint density at radius 2 is 1.70 bits per heavy atom. The van der Waals surface area contributed by atoms with Gasteiger partial charge in [-0.25, -0.2) is 0 Å². The highest BCUT2D eigenvalue weighted by Crippen LogP contribution is 2.38. The zero-order valence-electron chi connectivity index (χ0n) is 16.0. The molecule has 0 amide bonds. The quantitative estimate of drug-likeness (QED) is 0.572. The summed E-state index contributed by atoms with van der Waals surface area (Å²) in [5, 5.41) is 0. The SMILES string of the molecule is Cc1ccc(CCc2ccc3c(c2)-c2ccc4c(c2CC3)CCC=C4)cn1. The van der Waals surface area contributed by atoms with E-state index in [1.165, 1.54) is 59.1 Å². The summed E-state index contributed by atoms with van der Waals surface area (Å²) in [5.74, 6) is 0. The molecular formula is C26H25N. The number of aryl methyl sites for hydroxylation is 4. The lowest BCUT2D eigenvalue weighted by molar-refractivity contribution is 0.883. The number of benzene rings is 2. The first-order chi connectivity index (χ1) is 13.3. The first-order valence-electron chi connectivity index (χ1n) is 10.1. The Morgan fingerprint density at radius 1 is 0.815 bits per heavy atom. The van der Waals surface area contributed by atoms with Gasteiger partial charge in [0, 0.05) is 11.9 Å². The van der Waals surface area contributed by atoms with E-state index >= 15 is 0 Å². The average Bonchev–Trinajstić information content (AvgIpc) is 2.72. The molecule has 3 aromatic rings. The van der Waals surface area contributed by atoms with Gasteiger partial charge in [0.25, 0.3) is 0 Å². The van der Waals surface area contributed by atoms with E-state index < -0.39 is 0 Å². The number of pyridine rings is 1. The summed E-state index contributed by atoms with van der Waals surface area (Å²) in [6, 6.07) is 16.1. The maximum atomic E-state index is 4.43. The van der Waals surface area contributed by atoms with Crippen LogP contribution in [0.4, 0.5) is 0 Å². The Kier molecular flexibility index (Phi) is 4.16. The number of fused-ring (bicyclic) bond motifs is 5. The van der Waals surface area contributed by atoms with Crippen LogP contribution in [0.5, 0.6) is 0 Å². The van der Waals surface area contributed by atoms with Crippen LogP contribution in [0.15, 0.2) is 54.7 Å². The highest BCUT2D eigenvalue weighted by Gasteiger charge is 2.21. The Balaban J connectivity index is 1.46. The van der Waals surface area contributed by atoms with E-state index in [2.05, 4.69) is 59.6 Å². The van der Waals surface area contributed by atoms with E-state index in [0.717, 1.165) is 18.5 Å². The van der Waals surface area contributed by atoms with Gasteiger partial charge in [0.1, 0.15) is 0 Å². The van der Waals surface area contributed by atoms with Gasteiger partial charge in [-0.2, -0.15) is 0 Å². The van der Waals surface area contributed by atoms with Crippen molar-refractivity contribution in [3.05, 3.63) is 93.8 Å². The third kappa shape index (κ3) is 3.12. The Hall–Kier alpha value is -2.67. The van der Waals surface area contributed by atoms with E-state index in [0.29, 0.717) is 0 Å². The highest BCUT2D eigenvalue weighted by atomic mass is 14.7. The van der Waals surface area contributed by atoms with Crippen LogP contribution >= 0.6 is 0 Å². The van der Waals surface area contributed by atoms with E-state index in [1.807, 2.05) is 13.1 Å². The molecule has 2 aromatic carbocycles. The van der Waals surface area contributed by atoms with Gasteiger partial charge in [0.15, 0.2) is 0 Å². The van der Waals surface area contributed by atoms with Crippen LogP contribution in [-0.4, -0.2) is 4.98 Å². The largest absolute Gasteiger partial charge is 0.261 e. The molecule has 134 valence electrons. The second-order valence-electron chi connectivity index (χ2n) is 7.90. The van der Waals surface area contributed by atoms with Gasteiger partial charge in [-0.15, -0.1) is 0 Å². The predicted molar refractivity (Wildman–Crippen MR) is 113 cm³/mol. The lowest BCUT2D eigenvalue weighted by atomic mass is 9.79. The van der Waals surface area contributed by atoms with Crippen molar-refractivity contribution < 1.29 is 0 Å². The maximum Gasteiger partial charge on any atom is 0.0372 e. The summed E-state index contributed by atoms with van der Waals surface area (Å²) in [6.07, 6.45) is 13.5. The number of hydrogen-bond acceptors (Lipinski definition) is 1. The molecule has 27 heavy (non-hydrogen) atoms. The smallest absolute Gasteiger partial charge is 0.0372 e. The monoisotopic (exact) mass is 351 g/mol. The molecule has 5 rings (SSSR count). The van der Waals surface area contributed by atoms with Crippen LogP contribution in [0.3, 0.4) is 0 Å². The van der Waals surface area contributed by atoms with Crippen molar-refractivity contribution in [2.24, 2.45) is 0 Å². The van der Waals surface area contributed by atoms with Crippen LogP contribution in [-0.2, 0) is 32.1 Å². The van der Waals surface area contributed by atoms with E-state index in [9.17, 15) is 0 Å². The van der Waals surface area contributed by atoms with Gasteiger partial charge < -0.3 is 0 Å². The fourth-order valence-electron chi connectivity index (χ4n) is 4.58. The van der Waals surface area contributed by atoms with E-state index in [1.54, 1.807) is 11.1 Å². The van der Waals surface area contributed by atoms with Crippen LogP contribution in [0.25, 0.3) is 17.2 Å². The first kappa shape index (κ1) is 16.5. The van der Waals surface area contributed by atoms with Gasteiger partial charge in [-0.05, 0) is 96.0 Å². The number of hydrogen-bond donors (Lipinski definition) is 0. The summed E-state index contributed by atoms with van der Waals surface area (Å²) >= 11 is 0. The van der Waals surface area contributed by atoms with Crippen molar-refractivity contribution in [1.82, 2.24) is 4.98 Å². The average molecular weight is 351 g/mol. The lowest BCUT2D eigenvalue weighted by Gasteiger charge is -2.25. The number of allylic oxidation sites excluding steroid dienone is 1. The van der Waals surface area contributed by atoms with Gasteiger partial charge in [-0.3, -0.25) is 4.98 Å². The molecule has 0 aliphatic heterocycles. The number of nitrogens with zero attached hydrogens (tertiary/aromatic N) is 1. The molecule has 0 saturated heterocycles. The molecule has 0 bridgehead atoms. The van der Waals surface area contributed by atoms with Gasteiger partial charge in [0.2, 0.25) is 0 Å². The van der Waals surface area contributed by atoms with Crippen molar-refractivity contribution >= 4 is 6.08 Å². The number of aromatic nitrogens is 1. The number of rotatable bonds is 3. The summed E-state index contributed by atoms with van der Waals surface area (Å²) in [6.45, 7) is 2.04. The predicted octanol–water partition coefficient (Wildman–Crippen LogP) is 5.90. The maximum absolute atomic E-state index is 4.43. The van der Waals surface area contributed by atoms with Crippen molar-refractivity contribution in [3.8, 4) is 11.1 Å². The topological polar surface area (TPSA) is 12.9 Å². The molecule has 1 heteroatoms. The Morgan fingerprint density at radius 3 is 2.59 bits per heavy atom.